The molecule has 1 aromatic rings. The number of anilines is 2. The molecule has 19 heavy (non-hydrogen) atoms. The van der Waals surface area contributed by atoms with Crippen LogP contribution in [0.15, 0.2) is 18.2 Å². The number of benzene rings is 1. The molecular formula is C11H15N3O4S. The van der Waals surface area contributed by atoms with Crippen LogP contribution in [0.25, 0.3) is 0 Å². The predicted molar refractivity (Wildman–Crippen MR) is 73.0 cm³/mol. The van der Waals surface area contributed by atoms with Crippen molar-refractivity contribution in [1.29, 1.82) is 0 Å². The van der Waals surface area contributed by atoms with E-state index in [1.165, 1.54) is 6.07 Å². The van der Waals surface area contributed by atoms with Gasteiger partial charge in [-0.05, 0) is 18.6 Å². The maximum absolute atomic E-state index is 11.5. The summed E-state index contributed by atoms with van der Waals surface area (Å²) in [6, 6.07) is 4.71. The van der Waals surface area contributed by atoms with Crippen LogP contribution in [0.3, 0.4) is 0 Å². The van der Waals surface area contributed by atoms with Crippen LogP contribution in [0.1, 0.15) is 6.42 Å². The average molecular weight is 285 g/mol. The van der Waals surface area contributed by atoms with Crippen molar-refractivity contribution in [1.82, 2.24) is 0 Å². The van der Waals surface area contributed by atoms with Crippen LogP contribution in [-0.4, -0.2) is 37.9 Å². The highest BCUT2D eigenvalue weighted by molar-refractivity contribution is 7.91. The summed E-state index contributed by atoms with van der Waals surface area (Å²) in [6.45, 7) is 0.732. The first-order chi connectivity index (χ1) is 8.91. The second-order valence-corrected chi connectivity index (χ2v) is 6.77. The molecule has 2 N–H and O–H groups in total. The van der Waals surface area contributed by atoms with E-state index >= 15 is 0 Å². The Morgan fingerprint density at radius 2 is 2.00 bits per heavy atom. The van der Waals surface area contributed by atoms with Crippen molar-refractivity contribution in [2.45, 2.75) is 6.42 Å². The summed E-state index contributed by atoms with van der Waals surface area (Å²) >= 11 is 0. The summed E-state index contributed by atoms with van der Waals surface area (Å²) in [4.78, 5) is 12.3. The fourth-order valence-electron chi connectivity index (χ4n) is 2.18. The van der Waals surface area contributed by atoms with Gasteiger partial charge in [-0.15, -0.1) is 0 Å². The van der Waals surface area contributed by atoms with Gasteiger partial charge in [0.25, 0.3) is 0 Å². The molecule has 7 nitrogen and oxygen atoms in total. The van der Waals surface area contributed by atoms with Gasteiger partial charge in [0.1, 0.15) is 11.4 Å². The summed E-state index contributed by atoms with van der Waals surface area (Å²) in [6.07, 6.45) is 0.467. The Morgan fingerprint density at radius 3 is 2.68 bits per heavy atom. The maximum atomic E-state index is 11.5. The zero-order chi connectivity index (χ0) is 14.0. The van der Waals surface area contributed by atoms with Crippen LogP contribution in [0.5, 0.6) is 0 Å². The molecule has 0 spiro atoms. The standard InChI is InChI=1S/C11H15N3O4S/c12-9-3-1-4-10(11(9)14(15)16)13-5-2-7-19(17,18)8-6-13/h1,3-4H,2,5-8,12H2. The third-order valence-electron chi connectivity index (χ3n) is 3.12. The van der Waals surface area contributed by atoms with E-state index in [4.69, 9.17) is 5.73 Å². The molecule has 1 aromatic carbocycles. The summed E-state index contributed by atoms with van der Waals surface area (Å²) < 4.78 is 23.1. The largest absolute Gasteiger partial charge is 0.393 e. The molecule has 1 heterocycles. The minimum Gasteiger partial charge on any atom is -0.393 e. The van der Waals surface area contributed by atoms with E-state index in [2.05, 4.69) is 0 Å². The maximum Gasteiger partial charge on any atom is 0.315 e. The number of nitrogens with two attached hydrogens (primary N) is 1. The Kier molecular flexibility index (Phi) is 3.61. The fourth-order valence-corrected chi connectivity index (χ4v) is 3.45. The van der Waals surface area contributed by atoms with E-state index in [1.54, 1.807) is 17.0 Å². The van der Waals surface area contributed by atoms with Gasteiger partial charge in [-0.25, -0.2) is 8.42 Å². The number of nitrogen functional groups attached to an aromatic ring is 1. The topological polar surface area (TPSA) is 107 Å². The molecule has 8 heteroatoms. The number of nitro benzene ring substituents is 1. The molecule has 1 aliphatic heterocycles. The number of para-hydroxylation sites is 1. The minimum atomic E-state index is -3.05. The molecule has 0 bridgehead atoms. The molecule has 1 fully saturated rings. The Balaban J connectivity index is 2.37. The van der Waals surface area contributed by atoms with Crippen LogP contribution in [-0.2, 0) is 9.84 Å². The van der Waals surface area contributed by atoms with Crippen LogP contribution in [0.4, 0.5) is 17.1 Å². The molecule has 0 atom stereocenters. The number of hydrogen-bond acceptors (Lipinski definition) is 6. The zero-order valence-corrected chi connectivity index (χ0v) is 11.1. The van der Waals surface area contributed by atoms with Gasteiger partial charge in [0, 0.05) is 13.1 Å². The first-order valence-corrected chi connectivity index (χ1v) is 7.71. The molecule has 0 aromatic heterocycles. The predicted octanol–water partition coefficient (Wildman–Crippen LogP) is 0.802. The number of rotatable bonds is 2. The van der Waals surface area contributed by atoms with E-state index in [1.807, 2.05) is 0 Å². The molecular weight excluding hydrogens is 270 g/mol. The molecule has 0 aliphatic carbocycles. The molecule has 0 radical (unpaired) electrons. The number of sulfone groups is 1. The third kappa shape index (κ3) is 2.95. The van der Waals surface area contributed by atoms with Gasteiger partial charge < -0.3 is 10.6 Å². The highest BCUT2D eigenvalue weighted by atomic mass is 32.2. The van der Waals surface area contributed by atoms with Gasteiger partial charge >= 0.3 is 5.69 Å². The lowest BCUT2D eigenvalue weighted by molar-refractivity contribution is -0.383. The highest BCUT2D eigenvalue weighted by Crippen LogP contribution is 2.34. The quantitative estimate of drug-likeness (QED) is 0.489. The number of hydrogen-bond donors (Lipinski definition) is 1. The Bertz CT molecular complexity index is 600. The van der Waals surface area contributed by atoms with E-state index in [0.29, 0.717) is 18.7 Å². The van der Waals surface area contributed by atoms with Crippen molar-refractivity contribution in [3.8, 4) is 0 Å². The summed E-state index contributed by atoms with van der Waals surface area (Å²) in [5.41, 5.74) is 5.97. The Hall–Kier alpha value is -1.83. The highest BCUT2D eigenvalue weighted by Gasteiger charge is 2.26. The van der Waals surface area contributed by atoms with Crippen molar-refractivity contribution in [2.75, 3.05) is 35.2 Å². The second kappa shape index (κ2) is 5.04. The van der Waals surface area contributed by atoms with Crippen molar-refractivity contribution >= 4 is 26.9 Å². The summed E-state index contributed by atoms with van der Waals surface area (Å²) in [7, 11) is -3.05. The number of nitrogens with zero attached hydrogens (tertiary/aromatic N) is 2. The van der Waals surface area contributed by atoms with Crippen molar-refractivity contribution in [2.24, 2.45) is 0 Å². The van der Waals surface area contributed by atoms with Crippen molar-refractivity contribution in [3.63, 3.8) is 0 Å². The van der Waals surface area contributed by atoms with Crippen LogP contribution in [0, 0.1) is 10.1 Å². The van der Waals surface area contributed by atoms with Crippen LogP contribution >= 0.6 is 0 Å². The second-order valence-electron chi connectivity index (χ2n) is 4.46. The zero-order valence-electron chi connectivity index (χ0n) is 10.3. The first kappa shape index (κ1) is 13.6. The third-order valence-corrected chi connectivity index (χ3v) is 4.84. The van der Waals surface area contributed by atoms with Gasteiger partial charge in [-0.3, -0.25) is 10.1 Å². The summed E-state index contributed by atoms with van der Waals surface area (Å²) in [5, 5.41) is 11.1. The summed E-state index contributed by atoms with van der Waals surface area (Å²) in [5.74, 6) is 0.137. The molecule has 104 valence electrons. The van der Waals surface area contributed by atoms with Crippen molar-refractivity contribution < 1.29 is 13.3 Å². The van der Waals surface area contributed by atoms with E-state index in [9.17, 15) is 18.5 Å². The van der Waals surface area contributed by atoms with Gasteiger partial charge in [0.05, 0.1) is 16.4 Å². The van der Waals surface area contributed by atoms with Gasteiger partial charge in [-0.1, -0.05) is 6.07 Å². The van der Waals surface area contributed by atoms with Gasteiger partial charge in [0.15, 0.2) is 9.84 Å². The molecule has 1 aliphatic rings. The normalized spacial score (nSPS) is 18.8. The number of nitro groups is 1. The Morgan fingerprint density at radius 1 is 1.26 bits per heavy atom. The van der Waals surface area contributed by atoms with Gasteiger partial charge in [0.2, 0.25) is 0 Å². The molecule has 0 saturated carbocycles. The van der Waals surface area contributed by atoms with E-state index < -0.39 is 14.8 Å². The lowest BCUT2D eigenvalue weighted by atomic mass is 10.2. The Labute approximate surface area is 111 Å². The first-order valence-electron chi connectivity index (χ1n) is 5.89. The lowest BCUT2D eigenvalue weighted by Gasteiger charge is -2.22. The van der Waals surface area contributed by atoms with Crippen molar-refractivity contribution in [3.05, 3.63) is 28.3 Å². The smallest absolute Gasteiger partial charge is 0.315 e. The van der Waals surface area contributed by atoms with Crippen LogP contribution < -0.4 is 10.6 Å². The van der Waals surface area contributed by atoms with Gasteiger partial charge in [-0.2, -0.15) is 0 Å². The lowest BCUT2D eigenvalue weighted by Crippen LogP contribution is -2.27. The fraction of sp³-hybridized carbons (Fsp3) is 0.455. The van der Waals surface area contributed by atoms with E-state index in [0.717, 1.165) is 0 Å². The molecule has 2 rings (SSSR count). The van der Waals surface area contributed by atoms with E-state index in [-0.39, 0.29) is 29.4 Å². The monoisotopic (exact) mass is 285 g/mol. The molecule has 0 unspecified atom stereocenters. The SMILES string of the molecule is Nc1cccc(N2CCCS(=O)(=O)CC2)c1[N+](=O)[O-]. The minimum absolute atomic E-state index is 0.0129. The van der Waals surface area contributed by atoms with Crippen LogP contribution in [0.2, 0.25) is 0 Å². The molecule has 1 saturated heterocycles. The molecule has 0 amide bonds. The average Bonchev–Trinajstić information content (AvgIpc) is 2.49.